The molecule has 0 saturated carbocycles. The molecule has 0 saturated heterocycles. The van der Waals surface area contributed by atoms with Gasteiger partial charge in [-0.2, -0.15) is 0 Å². The maximum atomic E-state index is 5.49. The van der Waals surface area contributed by atoms with E-state index in [1.807, 2.05) is 0 Å². The topological polar surface area (TPSA) is 95.6 Å². The first kappa shape index (κ1) is 10.2. The molecule has 2 aromatic rings. The quantitative estimate of drug-likeness (QED) is 0.597. The molecule has 0 atom stereocenters. The molecule has 0 spiro atoms. The molecule has 4 N–H and O–H groups in total. The number of fused-ring (bicyclic) bond motifs is 1. The molecule has 0 aliphatic carbocycles. The van der Waals surface area contributed by atoms with Crippen molar-refractivity contribution < 1.29 is 0 Å². The molecular weight excluding hydrogens is 180 g/mol. The van der Waals surface area contributed by atoms with E-state index >= 15 is 0 Å². The van der Waals surface area contributed by atoms with Crippen molar-refractivity contribution in [1.29, 1.82) is 0 Å². The summed E-state index contributed by atoms with van der Waals surface area (Å²) in [5.41, 5.74) is 6.56. The van der Waals surface area contributed by atoms with Gasteiger partial charge in [0.15, 0.2) is 17.0 Å². The largest absolute Gasteiger partial charge is 0.382 e. The summed E-state index contributed by atoms with van der Waals surface area (Å²) in [5, 5.41) is 0. The van der Waals surface area contributed by atoms with Gasteiger partial charge in [-0.1, -0.05) is 20.3 Å². The minimum atomic E-state index is 0.346. The Balaban J connectivity index is 0.000000293. The number of anilines is 1. The molecule has 2 rings (SSSR count). The van der Waals surface area contributed by atoms with Crippen LogP contribution < -0.4 is 11.6 Å². The average molecular weight is 194 g/mol. The molecule has 14 heavy (non-hydrogen) atoms. The number of rotatable bonds is 0. The second-order valence-electron chi connectivity index (χ2n) is 2.79. The summed E-state index contributed by atoms with van der Waals surface area (Å²) in [7, 11) is 0. The highest BCUT2D eigenvalue weighted by Crippen LogP contribution is 2.10. The molecule has 0 bridgehead atoms. The smallest absolute Gasteiger partial charge is 0.183 e. The van der Waals surface area contributed by atoms with Gasteiger partial charge in [0.05, 0.1) is 0 Å². The Morgan fingerprint density at radius 3 is 2.50 bits per heavy atom. The summed E-state index contributed by atoms with van der Waals surface area (Å²) in [4.78, 5) is 11.5. The molecule has 0 unspecified atom stereocenters. The molecule has 0 aromatic carbocycles. The lowest BCUT2D eigenvalue weighted by atomic mass is 10.5. The van der Waals surface area contributed by atoms with Crippen LogP contribution in [0.2, 0.25) is 0 Å². The van der Waals surface area contributed by atoms with Gasteiger partial charge in [-0.05, 0) is 0 Å². The summed E-state index contributed by atoms with van der Waals surface area (Å²) in [6.45, 7) is 4.25. The van der Waals surface area contributed by atoms with Crippen LogP contribution in [0.4, 0.5) is 5.82 Å². The van der Waals surface area contributed by atoms with Crippen molar-refractivity contribution in [3.63, 3.8) is 0 Å². The summed E-state index contributed by atoms with van der Waals surface area (Å²) in [6.07, 6.45) is 4.04. The van der Waals surface area contributed by atoms with E-state index < -0.39 is 0 Å². The highest BCUT2D eigenvalue weighted by atomic mass is 15.3. The van der Waals surface area contributed by atoms with Gasteiger partial charge in [-0.25, -0.2) is 19.6 Å². The Morgan fingerprint density at radius 2 is 1.93 bits per heavy atom. The minimum absolute atomic E-state index is 0.346. The highest BCUT2D eigenvalue weighted by molar-refractivity contribution is 5.80. The molecule has 6 nitrogen and oxygen atoms in total. The molecule has 6 heteroatoms. The predicted octanol–water partition coefficient (Wildman–Crippen LogP) is 0.539. The van der Waals surface area contributed by atoms with Gasteiger partial charge >= 0.3 is 0 Å². The van der Waals surface area contributed by atoms with Crippen molar-refractivity contribution in [3.8, 4) is 0 Å². The Bertz CT molecular complexity index is 407. The van der Waals surface area contributed by atoms with Gasteiger partial charge < -0.3 is 11.6 Å². The molecule has 0 fully saturated rings. The lowest BCUT2D eigenvalue weighted by Gasteiger charge is -1.92. The van der Waals surface area contributed by atoms with Crippen LogP contribution in [-0.4, -0.2) is 19.6 Å². The van der Waals surface area contributed by atoms with Crippen LogP contribution in [0.3, 0.4) is 0 Å². The third-order valence-electron chi connectivity index (χ3n) is 1.39. The van der Waals surface area contributed by atoms with E-state index in [4.69, 9.17) is 11.6 Å². The van der Waals surface area contributed by atoms with E-state index in [2.05, 4.69) is 28.8 Å². The Labute approximate surface area is 81.9 Å². The standard InChI is InChI=1S/C5H6N6.C3H8/c6-4-3-5(9-1-8-4)11(7)2-10-3;1-3-2/h1-2H,7H2,(H2,6,8,9);3H2,1-2H3. The second-order valence-corrected chi connectivity index (χ2v) is 2.79. The maximum Gasteiger partial charge on any atom is 0.183 e. The minimum Gasteiger partial charge on any atom is -0.382 e. The summed E-state index contributed by atoms with van der Waals surface area (Å²) < 4.78 is 1.30. The van der Waals surface area contributed by atoms with E-state index in [0.29, 0.717) is 17.0 Å². The van der Waals surface area contributed by atoms with Crippen LogP contribution in [0.15, 0.2) is 12.7 Å². The molecule has 76 valence electrons. The number of hydrogen-bond donors (Lipinski definition) is 2. The number of nitrogens with zero attached hydrogens (tertiary/aromatic N) is 4. The zero-order valence-electron chi connectivity index (χ0n) is 8.31. The van der Waals surface area contributed by atoms with Crippen molar-refractivity contribution in [2.75, 3.05) is 11.6 Å². The Kier molecular flexibility index (Phi) is 3.22. The van der Waals surface area contributed by atoms with Crippen LogP contribution >= 0.6 is 0 Å². The monoisotopic (exact) mass is 194 g/mol. The Morgan fingerprint density at radius 1 is 1.29 bits per heavy atom. The van der Waals surface area contributed by atoms with E-state index in [1.165, 1.54) is 23.8 Å². The zero-order chi connectivity index (χ0) is 10.6. The molecule has 2 aromatic heterocycles. The fraction of sp³-hybridized carbons (Fsp3) is 0.375. The molecule has 0 aliphatic rings. The van der Waals surface area contributed by atoms with Crippen LogP contribution in [0.5, 0.6) is 0 Å². The molecular formula is C8H14N6. The number of imidazole rings is 1. The first-order valence-corrected chi connectivity index (χ1v) is 4.39. The number of nitrogen functional groups attached to an aromatic ring is 2. The highest BCUT2D eigenvalue weighted by Gasteiger charge is 2.03. The third-order valence-corrected chi connectivity index (χ3v) is 1.39. The molecule has 0 amide bonds. The van der Waals surface area contributed by atoms with E-state index in [0.717, 1.165) is 0 Å². The average Bonchev–Trinajstić information content (AvgIpc) is 2.51. The van der Waals surface area contributed by atoms with Crippen molar-refractivity contribution in [3.05, 3.63) is 12.7 Å². The fourth-order valence-electron chi connectivity index (χ4n) is 0.870. The number of hydrogen-bond acceptors (Lipinski definition) is 5. The van der Waals surface area contributed by atoms with E-state index in [9.17, 15) is 0 Å². The summed E-state index contributed by atoms with van der Waals surface area (Å²) in [5.74, 6) is 5.80. The van der Waals surface area contributed by atoms with Crippen molar-refractivity contribution in [2.24, 2.45) is 0 Å². The van der Waals surface area contributed by atoms with Crippen molar-refractivity contribution >= 4 is 17.0 Å². The summed E-state index contributed by atoms with van der Waals surface area (Å²) >= 11 is 0. The fourth-order valence-corrected chi connectivity index (χ4v) is 0.870. The number of nitrogens with two attached hydrogens (primary N) is 2. The van der Waals surface area contributed by atoms with Gasteiger partial charge in [0.2, 0.25) is 0 Å². The van der Waals surface area contributed by atoms with Crippen LogP contribution in [-0.2, 0) is 0 Å². The van der Waals surface area contributed by atoms with Gasteiger partial charge in [-0.3, -0.25) is 0 Å². The van der Waals surface area contributed by atoms with Crippen LogP contribution in [0.25, 0.3) is 11.2 Å². The molecule has 0 radical (unpaired) electrons. The Hall–Kier alpha value is -1.85. The molecule has 0 aliphatic heterocycles. The number of aromatic nitrogens is 4. The lowest BCUT2D eigenvalue weighted by molar-refractivity contribution is 1.01. The van der Waals surface area contributed by atoms with Crippen LogP contribution in [0, 0.1) is 0 Å². The van der Waals surface area contributed by atoms with Gasteiger partial charge in [0.25, 0.3) is 0 Å². The van der Waals surface area contributed by atoms with Gasteiger partial charge in [0.1, 0.15) is 12.7 Å². The van der Waals surface area contributed by atoms with Gasteiger partial charge in [-0.15, -0.1) is 0 Å². The SMILES string of the molecule is CCC.Nc1ncnc2c1ncn2N. The van der Waals surface area contributed by atoms with Gasteiger partial charge in [0, 0.05) is 0 Å². The van der Waals surface area contributed by atoms with Crippen molar-refractivity contribution in [1.82, 2.24) is 19.6 Å². The first-order valence-electron chi connectivity index (χ1n) is 4.39. The lowest BCUT2D eigenvalue weighted by Crippen LogP contribution is -2.06. The van der Waals surface area contributed by atoms with Crippen molar-refractivity contribution in [2.45, 2.75) is 20.3 Å². The first-order chi connectivity index (χ1) is 6.70. The van der Waals surface area contributed by atoms with Crippen LogP contribution in [0.1, 0.15) is 20.3 Å². The summed E-state index contributed by atoms with van der Waals surface area (Å²) in [6, 6.07) is 0. The normalized spacial score (nSPS) is 9.57. The molecule has 2 heterocycles. The zero-order valence-corrected chi connectivity index (χ0v) is 8.31. The van der Waals surface area contributed by atoms with E-state index in [1.54, 1.807) is 0 Å². The second kappa shape index (κ2) is 4.40. The van der Waals surface area contributed by atoms with E-state index in [-0.39, 0.29) is 0 Å². The predicted molar refractivity (Wildman–Crippen MR) is 55.9 cm³/mol. The third kappa shape index (κ3) is 1.90. The maximum absolute atomic E-state index is 5.49.